The van der Waals surface area contributed by atoms with Gasteiger partial charge in [0.2, 0.25) is 11.7 Å². The number of thiazole rings is 1. The number of rotatable bonds is 4. The van der Waals surface area contributed by atoms with Crippen LogP contribution in [0.25, 0.3) is 16.5 Å². The summed E-state index contributed by atoms with van der Waals surface area (Å²) in [5, 5.41) is 15.5. The Morgan fingerprint density at radius 1 is 1.22 bits per heavy atom. The van der Waals surface area contributed by atoms with Crippen LogP contribution >= 0.6 is 11.3 Å². The van der Waals surface area contributed by atoms with Gasteiger partial charge in [-0.3, -0.25) is 4.79 Å². The second kappa shape index (κ2) is 6.04. The number of aromatic nitrogens is 5. The zero-order valence-electron chi connectivity index (χ0n) is 12.6. The molecule has 3 aromatic heterocycles. The molecular formula is C15H16N6OS. The summed E-state index contributed by atoms with van der Waals surface area (Å²) in [6, 6.07) is 3.79. The molecule has 4 rings (SSSR count). The molecule has 0 N–H and O–H groups in total. The average Bonchev–Trinajstić information content (AvgIpc) is 3.32. The number of aryl methyl sites for hydroxylation is 1. The SMILES string of the molecule is O=C(CCc1ccc2nnc(-c3nccs3)n2n1)N1CCCC1. The number of hydrogen-bond donors (Lipinski definition) is 0. The van der Waals surface area contributed by atoms with Crippen molar-refractivity contribution in [1.82, 2.24) is 29.7 Å². The molecule has 0 saturated carbocycles. The Morgan fingerprint density at radius 3 is 2.87 bits per heavy atom. The van der Waals surface area contributed by atoms with Gasteiger partial charge in [-0.1, -0.05) is 0 Å². The maximum atomic E-state index is 12.1. The predicted molar refractivity (Wildman–Crippen MR) is 86.0 cm³/mol. The van der Waals surface area contributed by atoms with Crippen molar-refractivity contribution >= 4 is 22.9 Å². The van der Waals surface area contributed by atoms with Gasteiger partial charge in [-0.15, -0.1) is 21.5 Å². The molecule has 1 aliphatic rings. The Hall–Kier alpha value is -2.35. The summed E-state index contributed by atoms with van der Waals surface area (Å²) < 4.78 is 1.70. The van der Waals surface area contributed by atoms with E-state index < -0.39 is 0 Å². The lowest BCUT2D eigenvalue weighted by atomic mass is 10.2. The quantitative estimate of drug-likeness (QED) is 0.730. The van der Waals surface area contributed by atoms with E-state index in [1.54, 1.807) is 10.7 Å². The summed E-state index contributed by atoms with van der Waals surface area (Å²) in [7, 11) is 0. The third kappa shape index (κ3) is 2.81. The number of hydrogen-bond acceptors (Lipinski definition) is 6. The van der Waals surface area contributed by atoms with Gasteiger partial charge in [0.05, 0.1) is 5.69 Å². The first-order valence-corrected chi connectivity index (χ1v) is 8.58. The van der Waals surface area contributed by atoms with Gasteiger partial charge in [-0.25, -0.2) is 4.98 Å². The van der Waals surface area contributed by atoms with Gasteiger partial charge in [-0.05, 0) is 25.0 Å². The molecule has 23 heavy (non-hydrogen) atoms. The van der Waals surface area contributed by atoms with Gasteiger partial charge in [0.25, 0.3) is 0 Å². The lowest BCUT2D eigenvalue weighted by Gasteiger charge is -2.14. The van der Waals surface area contributed by atoms with E-state index >= 15 is 0 Å². The highest BCUT2D eigenvalue weighted by Gasteiger charge is 2.18. The second-order valence-corrected chi connectivity index (χ2v) is 6.44. The van der Waals surface area contributed by atoms with Crippen molar-refractivity contribution in [2.24, 2.45) is 0 Å². The molecule has 0 radical (unpaired) electrons. The number of carbonyl (C=O) groups excluding carboxylic acids is 1. The molecule has 1 amide bonds. The van der Waals surface area contributed by atoms with E-state index in [4.69, 9.17) is 0 Å². The average molecular weight is 328 g/mol. The van der Waals surface area contributed by atoms with Crippen LogP contribution in [0.1, 0.15) is 25.0 Å². The summed E-state index contributed by atoms with van der Waals surface area (Å²) in [6.45, 7) is 1.79. The van der Waals surface area contributed by atoms with Crippen molar-refractivity contribution in [2.75, 3.05) is 13.1 Å². The molecule has 1 aliphatic heterocycles. The molecule has 0 aliphatic carbocycles. The molecule has 118 valence electrons. The minimum Gasteiger partial charge on any atom is -0.343 e. The minimum atomic E-state index is 0.216. The summed E-state index contributed by atoms with van der Waals surface area (Å²) >= 11 is 1.50. The van der Waals surface area contributed by atoms with Gasteiger partial charge >= 0.3 is 0 Å². The van der Waals surface area contributed by atoms with E-state index in [9.17, 15) is 4.79 Å². The largest absolute Gasteiger partial charge is 0.343 e. The molecule has 0 aromatic carbocycles. The van der Waals surface area contributed by atoms with Crippen LogP contribution in [-0.2, 0) is 11.2 Å². The van der Waals surface area contributed by atoms with Gasteiger partial charge in [-0.2, -0.15) is 9.61 Å². The molecule has 0 bridgehead atoms. The summed E-state index contributed by atoms with van der Waals surface area (Å²) in [5.74, 6) is 0.857. The number of carbonyl (C=O) groups is 1. The topological polar surface area (TPSA) is 76.3 Å². The molecule has 0 spiro atoms. The monoisotopic (exact) mass is 328 g/mol. The van der Waals surface area contributed by atoms with Gasteiger partial charge in [0, 0.05) is 37.5 Å². The Kier molecular flexibility index (Phi) is 3.74. The van der Waals surface area contributed by atoms with E-state index in [1.165, 1.54) is 11.3 Å². The first-order chi connectivity index (χ1) is 11.3. The maximum absolute atomic E-state index is 12.1. The Morgan fingerprint density at radius 2 is 2.09 bits per heavy atom. The summed E-state index contributed by atoms with van der Waals surface area (Å²) in [5.41, 5.74) is 1.55. The van der Waals surface area contributed by atoms with Crippen LogP contribution in [0.15, 0.2) is 23.7 Å². The van der Waals surface area contributed by atoms with Crippen molar-refractivity contribution in [3.8, 4) is 10.8 Å². The van der Waals surface area contributed by atoms with Crippen molar-refractivity contribution < 1.29 is 4.79 Å². The molecule has 3 aromatic rings. The number of fused-ring (bicyclic) bond motifs is 1. The lowest BCUT2D eigenvalue weighted by molar-refractivity contribution is -0.130. The van der Waals surface area contributed by atoms with Gasteiger partial charge < -0.3 is 4.90 Å². The number of amides is 1. The third-order valence-electron chi connectivity index (χ3n) is 4.00. The second-order valence-electron chi connectivity index (χ2n) is 5.54. The van der Waals surface area contributed by atoms with Crippen LogP contribution in [0.3, 0.4) is 0 Å². The molecule has 0 atom stereocenters. The molecule has 7 nitrogen and oxygen atoms in total. The smallest absolute Gasteiger partial charge is 0.222 e. The van der Waals surface area contributed by atoms with Crippen LogP contribution in [0.4, 0.5) is 0 Å². The first-order valence-electron chi connectivity index (χ1n) is 7.70. The zero-order chi connectivity index (χ0) is 15.6. The van der Waals surface area contributed by atoms with Crippen molar-refractivity contribution in [3.63, 3.8) is 0 Å². The van der Waals surface area contributed by atoms with Gasteiger partial charge in [0.1, 0.15) is 0 Å². The molecule has 1 fully saturated rings. The fourth-order valence-electron chi connectivity index (χ4n) is 2.79. The first kappa shape index (κ1) is 14.3. The standard InChI is InChI=1S/C15H16N6OS/c22-13(20-8-1-2-9-20)6-4-11-3-5-12-17-18-14(21(12)19-11)15-16-7-10-23-15/h3,5,7,10H,1-2,4,6,8-9H2. The highest BCUT2D eigenvalue weighted by atomic mass is 32.1. The Bertz CT molecular complexity index is 822. The van der Waals surface area contributed by atoms with E-state index in [0.29, 0.717) is 24.3 Å². The predicted octanol–water partition coefficient (Wildman–Crippen LogP) is 1.80. The fourth-order valence-corrected chi connectivity index (χ4v) is 3.39. The highest BCUT2D eigenvalue weighted by molar-refractivity contribution is 7.13. The van der Waals surface area contributed by atoms with Gasteiger partial charge in [0.15, 0.2) is 10.7 Å². The van der Waals surface area contributed by atoms with Crippen molar-refractivity contribution in [3.05, 3.63) is 29.4 Å². The Labute approximate surface area is 137 Å². The normalized spacial score (nSPS) is 14.7. The van der Waals surface area contributed by atoms with Crippen molar-refractivity contribution in [1.29, 1.82) is 0 Å². The molecule has 8 heteroatoms. The number of likely N-dealkylation sites (tertiary alicyclic amines) is 1. The van der Waals surface area contributed by atoms with Crippen LogP contribution in [-0.4, -0.2) is 48.7 Å². The van der Waals surface area contributed by atoms with E-state index in [1.807, 2.05) is 22.4 Å². The summed E-state index contributed by atoms with van der Waals surface area (Å²) in [4.78, 5) is 18.3. The van der Waals surface area contributed by atoms with Crippen LogP contribution < -0.4 is 0 Å². The Balaban J connectivity index is 1.54. The highest BCUT2D eigenvalue weighted by Crippen LogP contribution is 2.20. The maximum Gasteiger partial charge on any atom is 0.222 e. The van der Waals surface area contributed by atoms with E-state index in [2.05, 4.69) is 20.3 Å². The van der Waals surface area contributed by atoms with Crippen LogP contribution in [0.2, 0.25) is 0 Å². The third-order valence-corrected chi connectivity index (χ3v) is 4.76. The van der Waals surface area contributed by atoms with E-state index in [-0.39, 0.29) is 5.91 Å². The number of nitrogens with zero attached hydrogens (tertiary/aromatic N) is 6. The lowest BCUT2D eigenvalue weighted by Crippen LogP contribution is -2.27. The molecular weight excluding hydrogens is 312 g/mol. The van der Waals surface area contributed by atoms with E-state index in [0.717, 1.165) is 36.6 Å². The van der Waals surface area contributed by atoms with Crippen LogP contribution in [0.5, 0.6) is 0 Å². The van der Waals surface area contributed by atoms with Crippen LogP contribution in [0, 0.1) is 0 Å². The summed E-state index contributed by atoms with van der Waals surface area (Å²) in [6.07, 6.45) is 5.09. The van der Waals surface area contributed by atoms with Crippen molar-refractivity contribution in [2.45, 2.75) is 25.7 Å². The molecule has 0 unspecified atom stereocenters. The molecule has 1 saturated heterocycles. The fraction of sp³-hybridized carbons (Fsp3) is 0.400. The zero-order valence-corrected chi connectivity index (χ0v) is 13.4. The molecule has 4 heterocycles. The minimum absolute atomic E-state index is 0.216.